The zero-order chi connectivity index (χ0) is 11.6. The Balaban J connectivity index is 2.18. The number of nitrogens with zero attached hydrogens (tertiary/aromatic N) is 2. The van der Waals surface area contributed by atoms with Crippen LogP contribution in [-0.4, -0.2) is 39.6 Å². The summed E-state index contributed by atoms with van der Waals surface area (Å²) in [7, 11) is 1.53. The topological polar surface area (TPSA) is 62.3 Å². The third-order valence-electron chi connectivity index (χ3n) is 2.44. The van der Waals surface area contributed by atoms with Crippen LogP contribution >= 0.6 is 10.7 Å². The molecule has 7 heteroatoms. The van der Waals surface area contributed by atoms with Gasteiger partial charge in [-0.3, -0.25) is 0 Å². The van der Waals surface area contributed by atoms with Crippen LogP contribution in [0.5, 0.6) is 0 Å². The van der Waals surface area contributed by atoms with Gasteiger partial charge in [0.05, 0.1) is 0 Å². The Morgan fingerprint density at radius 3 is 2.50 bits per heavy atom. The molecule has 0 saturated carbocycles. The van der Waals surface area contributed by atoms with Gasteiger partial charge in [-0.1, -0.05) is 0 Å². The second-order valence-electron chi connectivity index (χ2n) is 3.53. The van der Waals surface area contributed by atoms with Crippen molar-refractivity contribution in [1.82, 2.24) is 10.3 Å². The van der Waals surface area contributed by atoms with Crippen LogP contribution in [0, 0.1) is 0 Å². The van der Waals surface area contributed by atoms with Crippen molar-refractivity contribution >= 4 is 25.6 Å². The number of hydrogen-bond acceptors (Lipinski definition) is 5. The molecule has 1 aromatic rings. The molecular formula is C9H12ClN3O2S. The molecule has 0 unspecified atom stereocenters. The second kappa shape index (κ2) is 4.57. The molecule has 0 aliphatic carbocycles. The van der Waals surface area contributed by atoms with E-state index in [2.05, 4.69) is 15.2 Å². The average Bonchev–Trinajstić information content (AvgIpc) is 2.29. The van der Waals surface area contributed by atoms with Crippen LogP contribution in [0.1, 0.15) is 0 Å². The van der Waals surface area contributed by atoms with E-state index < -0.39 is 9.05 Å². The van der Waals surface area contributed by atoms with Gasteiger partial charge in [-0.25, -0.2) is 13.4 Å². The molecule has 16 heavy (non-hydrogen) atoms. The van der Waals surface area contributed by atoms with Gasteiger partial charge in [-0.05, 0) is 12.1 Å². The fourth-order valence-corrected chi connectivity index (χ4v) is 2.28. The highest BCUT2D eigenvalue weighted by molar-refractivity contribution is 8.13. The number of rotatable bonds is 2. The minimum absolute atomic E-state index is 0.0352. The molecule has 0 aromatic carbocycles. The summed E-state index contributed by atoms with van der Waals surface area (Å²) < 4.78 is 22.0. The Morgan fingerprint density at radius 2 is 2.00 bits per heavy atom. The lowest BCUT2D eigenvalue weighted by molar-refractivity contribution is 0.584. The Hall–Kier alpha value is -0.850. The van der Waals surface area contributed by atoms with Gasteiger partial charge < -0.3 is 10.2 Å². The first kappa shape index (κ1) is 11.6. The predicted molar refractivity (Wildman–Crippen MR) is 62.4 cm³/mol. The zero-order valence-electron chi connectivity index (χ0n) is 8.56. The van der Waals surface area contributed by atoms with Crippen LogP contribution in [0.3, 0.4) is 0 Å². The second-order valence-corrected chi connectivity index (χ2v) is 6.09. The molecule has 1 saturated heterocycles. The van der Waals surface area contributed by atoms with Gasteiger partial charge in [0.1, 0.15) is 10.7 Å². The Kier molecular flexibility index (Phi) is 3.32. The molecule has 1 aromatic heterocycles. The van der Waals surface area contributed by atoms with Gasteiger partial charge in [-0.15, -0.1) is 0 Å². The van der Waals surface area contributed by atoms with E-state index in [0.29, 0.717) is 0 Å². The van der Waals surface area contributed by atoms with Crippen LogP contribution in [0.25, 0.3) is 0 Å². The van der Waals surface area contributed by atoms with Gasteiger partial charge in [0.2, 0.25) is 0 Å². The van der Waals surface area contributed by atoms with Crippen molar-refractivity contribution in [2.75, 3.05) is 31.1 Å². The number of hydrogen-bond donors (Lipinski definition) is 1. The van der Waals surface area contributed by atoms with Crippen LogP contribution in [-0.2, 0) is 9.05 Å². The summed E-state index contributed by atoms with van der Waals surface area (Å²) in [5.41, 5.74) is 0. The molecule has 0 radical (unpaired) electrons. The van der Waals surface area contributed by atoms with Gasteiger partial charge in [0, 0.05) is 43.1 Å². The summed E-state index contributed by atoms with van der Waals surface area (Å²) in [6.07, 6.45) is 1.29. The average molecular weight is 262 g/mol. The highest BCUT2D eigenvalue weighted by Crippen LogP contribution is 2.17. The standard InChI is InChI=1S/C9H12ClN3O2S/c10-16(14,15)8-1-2-9(12-7-8)13-5-3-11-4-6-13/h1-2,7,11H,3-6H2. The molecule has 0 spiro atoms. The molecule has 88 valence electrons. The van der Waals surface area contributed by atoms with Crippen LogP contribution in [0.4, 0.5) is 5.82 Å². The Labute approximate surface area is 98.8 Å². The lowest BCUT2D eigenvalue weighted by Gasteiger charge is -2.28. The smallest absolute Gasteiger partial charge is 0.262 e. The van der Waals surface area contributed by atoms with Crippen molar-refractivity contribution in [2.45, 2.75) is 4.90 Å². The van der Waals surface area contributed by atoms with Gasteiger partial charge in [0.25, 0.3) is 9.05 Å². The molecule has 0 atom stereocenters. The minimum atomic E-state index is -3.67. The van der Waals surface area contributed by atoms with Crippen LogP contribution in [0.2, 0.25) is 0 Å². The third kappa shape index (κ3) is 2.63. The number of pyridine rings is 1. The number of nitrogens with one attached hydrogen (secondary N) is 1. The van der Waals surface area contributed by atoms with Crippen molar-refractivity contribution in [2.24, 2.45) is 0 Å². The minimum Gasteiger partial charge on any atom is -0.354 e. The van der Waals surface area contributed by atoms with Crippen LogP contribution < -0.4 is 10.2 Å². The summed E-state index contributed by atoms with van der Waals surface area (Å²) in [5.74, 6) is 0.783. The van der Waals surface area contributed by atoms with E-state index >= 15 is 0 Å². The predicted octanol–water partition coefficient (Wildman–Crippen LogP) is 0.419. The summed E-state index contributed by atoms with van der Waals surface area (Å²) >= 11 is 0. The number of aromatic nitrogens is 1. The Morgan fingerprint density at radius 1 is 1.31 bits per heavy atom. The summed E-state index contributed by atoms with van der Waals surface area (Å²) in [6.45, 7) is 3.58. The monoisotopic (exact) mass is 261 g/mol. The van der Waals surface area contributed by atoms with E-state index in [0.717, 1.165) is 32.0 Å². The van der Waals surface area contributed by atoms with Crippen molar-refractivity contribution in [3.8, 4) is 0 Å². The summed E-state index contributed by atoms with van der Waals surface area (Å²) in [4.78, 5) is 6.24. The Bertz CT molecular complexity index is 454. The maximum Gasteiger partial charge on any atom is 0.262 e. The third-order valence-corrected chi connectivity index (χ3v) is 3.78. The SMILES string of the molecule is O=S(=O)(Cl)c1ccc(N2CCNCC2)nc1. The number of halogens is 1. The summed E-state index contributed by atoms with van der Waals surface area (Å²) in [5, 5.41) is 3.23. The molecule has 2 heterocycles. The maximum absolute atomic E-state index is 11.0. The highest BCUT2D eigenvalue weighted by atomic mass is 35.7. The molecule has 0 bridgehead atoms. The van der Waals surface area contributed by atoms with Crippen molar-refractivity contribution in [3.05, 3.63) is 18.3 Å². The lowest BCUT2D eigenvalue weighted by Crippen LogP contribution is -2.43. The maximum atomic E-state index is 11.0. The molecule has 1 aliphatic heterocycles. The molecule has 1 aliphatic rings. The van der Waals surface area contributed by atoms with E-state index in [1.807, 2.05) is 0 Å². The fourth-order valence-electron chi connectivity index (χ4n) is 1.60. The molecule has 2 rings (SSSR count). The van der Waals surface area contributed by atoms with Crippen molar-refractivity contribution in [1.29, 1.82) is 0 Å². The normalized spacial score (nSPS) is 17.4. The lowest BCUT2D eigenvalue weighted by atomic mass is 10.3. The van der Waals surface area contributed by atoms with E-state index in [-0.39, 0.29) is 4.90 Å². The van der Waals surface area contributed by atoms with Crippen molar-refractivity contribution in [3.63, 3.8) is 0 Å². The van der Waals surface area contributed by atoms with Gasteiger partial charge >= 0.3 is 0 Å². The first-order chi connectivity index (χ1) is 7.57. The molecular weight excluding hydrogens is 250 g/mol. The molecule has 5 nitrogen and oxygen atoms in total. The van der Waals surface area contributed by atoms with E-state index in [1.165, 1.54) is 12.3 Å². The number of anilines is 1. The first-order valence-corrected chi connectivity index (χ1v) is 7.25. The van der Waals surface area contributed by atoms with E-state index in [4.69, 9.17) is 10.7 Å². The van der Waals surface area contributed by atoms with E-state index in [1.54, 1.807) is 6.07 Å². The quantitative estimate of drug-likeness (QED) is 0.782. The molecule has 1 fully saturated rings. The van der Waals surface area contributed by atoms with Gasteiger partial charge in [-0.2, -0.15) is 0 Å². The number of piperazine rings is 1. The highest BCUT2D eigenvalue weighted by Gasteiger charge is 2.14. The molecule has 0 amide bonds. The summed E-state index contributed by atoms with van der Waals surface area (Å²) in [6, 6.07) is 3.16. The van der Waals surface area contributed by atoms with Crippen molar-refractivity contribution < 1.29 is 8.42 Å². The largest absolute Gasteiger partial charge is 0.354 e. The molecule has 1 N–H and O–H groups in total. The first-order valence-electron chi connectivity index (χ1n) is 4.94. The van der Waals surface area contributed by atoms with E-state index in [9.17, 15) is 8.42 Å². The van der Waals surface area contributed by atoms with Crippen LogP contribution in [0.15, 0.2) is 23.2 Å². The van der Waals surface area contributed by atoms with Gasteiger partial charge in [0.15, 0.2) is 0 Å². The zero-order valence-corrected chi connectivity index (χ0v) is 10.1. The fraction of sp³-hybridized carbons (Fsp3) is 0.444.